The van der Waals surface area contributed by atoms with Crippen molar-refractivity contribution < 1.29 is 63.9 Å². The molecule has 0 aromatic rings. The van der Waals surface area contributed by atoms with E-state index in [2.05, 4.69) is 0 Å². The Kier molecular flexibility index (Phi) is 8.72. The van der Waals surface area contributed by atoms with Crippen LogP contribution in [-0.2, 0) is 33.3 Å². The zero-order chi connectivity index (χ0) is 23.5. The fourth-order valence-corrected chi connectivity index (χ4v) is 3.22. The molecule has 13 heteroatoms. The van der Waals surface area contributed by atoms with Gasteiger partial charge in [0.1, 0.15) is 43.2 Å². The highest BCUT2D eigenvalue weighted by atomic mass is 16.8. The lowest BCUT2D eigenvalue weighted by Crippen LogP contribution is -2.63. The third-order valence-electron chi connectivity index (χ3n) is 5.01. The molecule has 2 saturated heterocycles. The van der Waals surface area contributed by atoms with Crippen molar-refractivity contribution in [2.45, 2.75) is 75.6 Å². The fraction of sp³-hybridized carbons (Fsp3) is 0.889. The van der Waals surface area contributed by atoms with E-state index in [-0.39, 0.29) is 0 Å². The molecule has 2 aliphatic heterocycles. The Hall–Kier alpha value is -1.42. The summed E-state index contributed by atoms with van der Waals surface area (Å²) in [5.41, 5.74) is 0. The number of ether oxygens (including phenoxy) is 5. The zero-order valence-corrected chi connectivity index (χ0v) is 17.4. The van der Waals surface area contributed by atoms with E-state index in [1.165, 1.54) is 13.8 Å². The van der Waals surface area contributed by atoms with Crippen LogP contribution in [0.5, 0.6) is 0 Å². The van der Waals surface area contributed by atoms with Crippen molar-refractivity contribution in [3.63, 3.8) is 0 Å². The van der Waals surface area contributed by atoms with Crippen LogP contribution in [-0.4, -0.2) is 117 Å². The number of aliphatic hydroxyl groups excluding tert-OH is 6. The quantitative estimate of drug-likeness (QED) is 0.196. The summed E-state index contributed by atoms with van der Waals surface area (Å²) in [5.74, 6) is -4.43. The molecule has 2 aliphatic rings. The van der Waals surface area contributed by atoms with Gasteiger partial charge in [0.2, 0.25) is 5.79 Å². The van der Waals surface area contributed by atoms with Gasteiger partial charge in [0.05, 0.1) is 19.1 Å². The molecule has 13 nitrogen and oxygen atoms in total. The SMILES string of the molecule is CC(=O)OC[C@@]1(O[C@H]2OC(CO)[C@@H](O)C(O)[C@H]2O)O[C@H](CO)C(O)C1OC(=O)C(C)C. The van der Waals surface area contributed by atoms with E-state index in [0.29, 0.717) is 0 Å². The molecule has 0 bridgehead atoms. The summed E-state index contributed by atoms with van der Waals surface area (Å²) < 4.78 is 26.8. The van der Waals surface area contributed by atoms with Crippen molar-refractivity contribution >= 4 is 11.9 Å². The fourth-order valence-electron chi connectivity index (χ4n) is 3.22. The second-order valence-corrected chi connectivity index (χ2v) is 7.75. The van der Waals surface area contributed by atoms with Gasteiger partial charge in [-0.1, -0.05) is 13.8 Å². The van der Waals surface area contributed by atoms with Gasteiger partial charge in [0.25, 0.3) is 0 Å². The third-order valence-corrected chi connectivity index (χ3v) is 5.01. The van der Waals surface area contributed by atoms with Crippen molar-refractivity contribution in [2.75, 3.05) is 19.8 Å². The van der Waals surface area contributed by atoms with E-state index in [0.717, 1.165) is 6.92 Å². The second kappa shape index (κ2) is 10.5. The van der Waals surface area contributed by atoms with Gasteiger partial charge < -0.3 is 54.3 Å². The van der Waals surface area contributed by atoms with Gasteiger partial charge in [0.15, 0.2) is 12.4 Å². The normalized spacial score (nSPS) is 40.7. The summed E-state index contributed by atoms with van der Waals surface area (Å²) in [6.45, 7) is 1.92. The van der Waals surface area contributed by atoms with E-state index < -0.39 is 92.5 Å². The van der Waals surface area contributed by atoms with Crippen LogP contribution in [0.15, 0.2) is 0 Å². The summed E-state index contributed by atoms with van der Waals surface area (Å²) in [5, 5.41) is 59.7. The van der Waals surface area contributed by atoms with Gasteiger partial charge in [-0.25, -0.2) is 0 Å². The molecule has 2 rings (SSSR count). The smallest absolute Gasteiger partial charge is 0.308 e. The number of esters is 2. The van der Waals surface area contributed by atoms with Crippen LogP contribution >= 0.6 is 0 Å². The molecule has 2 heterocycles. The first-order valence-electron chi connectivity index (χ1n) is 9.76. The summed E-state index contributed by atoms with van der Waals surface area (Å²) in [6, 6.07) is 0. The summed E-state index contributed by atoms with van der Waals surface area (Å²) in [6.07, 6.45) is -13.0. The molecule has 0 radical (unpaired) electrons. The van der Waals surface area contributed by atoms with Gasteiger partial charge in [-0.2, -0.15) is 0 Å². The van der Waals surface area contributed by atoms with Crippen molar-refractivity contribution in [1.29, 1.82) is 0 Å². The van der Waals surface area contributed by atoms with Crippen LogP contribution in [0.3, 0.4) is 0 Å². The largest absolute Gasteiger partial charge is 0.460 e. The number of hydrogen-bond donors (Lipinski definition) is 6. The third kappa shape index (κ3) is 5.50. The monoisotopic (exact) mass is 454 g/mol. The molecular weight excluding hydrogens is 424 g/mol. The Bertz CT molecular complexity index is 626. The molecule has 0 aromatic carbocycles. The van der Waals surface area contributed by atoms with Crippen LogP contribution in [0.2, 0.25) is 0 Å². The van der Waals surface area contributed by atoms with Crippen molar-refractivity contribution in [3.8, 4) is 0 Å². The maximum atomic E-state index is 12.2. The predicted octanol–water partition coefficient (Wildman–Crippen LogP) is -3.62. The van der Waals surface area contributed by atoms with E-state index >= 15 is 0 Å². The highest BCUT2D eigenvalue weighted by molar-refractivity contribution is 5.72. The Morgan fingerprint density at radius 3 is 2.10 bits per heavy atom. The molecule has 2 fully saturated rings. The lowest BCUT2D eigenvalue weighted by molar-refractivity contribution is -0.384. The minimum Gasteiger partial charge on any atom is -0.460 e. The van der Waals surface area contributed by atoms with Crippen molar-refractivity contribution in [2.24, 2.45) is 5.92 Å². The molecule has 0 amide bonds. The Morgan fingerprint density at radius 2 is 1.58 bits per heavy atom. The van der Waals surface area contributed by atoms with E-state index in [9.17, 15) is 40.2 Å². The molecule has 0 aliphatic carbocycles. The van der Waals surface area contributed by atoms with Crippen molar-refractivity contribution in [1.82, 2.24) is 0 Å². The first-order valence-corrected chi connectivity index (χ1v) is 9.76. The number of hydrogen-bond acceptors (Lipinski definition) is 13. The van der Waals surface area contributed by atoms with E-state index in [1.807, 2.05) is 0 Å². The summed E-state index contributed by atoms with van der Waals surface area (Å²) >= 11 is 0. The number of carbonyl (C=O) groups excluding carboxylic acids is 2. The highest BCUT2D eigenvalue weighted by Crippen LogP contribution is 2.38. The van der Waals surface area contributed by atoms with E-state index in [1.54, 1.807) is 0 Å². The van der Waals surface area contributed by atoms with Crippen LogP contribution in [0.25, 0.3) is 0 Å². The van der Waals surface area contributed by atoms with Crippen LogP contribution in [0, 0.1) is 5.92 Å². The maximum Gasteiger partial charge on any atom is 0.308 e. The zero-order valence-electron chi connectivity index (χ0n) is 17.4. The average molecular weight is 454 g/mol. The molecule has 0 spiro atoms. The van der Waals surface area contributed by atoms with Crippen molar-refractivity contribution in [3.05, 3.63) is 0 Å². The lowest BCUT2D eigenvalue weighted by atomic mass is 9.99. The number of rotatable bonds is 8. The van der Waals surface area contributed by atoms with Crippen LogP contribution < -0.4 is 0 Å². The molecule has 0 saturated carbocycles. The average Bonchev–Trinajstić information content (AvgIpc) is 2.98. The first-order chi connectivity index (χ1) is 14.5. The summed E-state index contributed by atoms with van der Waals surface area (Å²) in [7, 11) is 0. The second-order valence-electron chi connectivity index (χ2n) is 7.75. The summed E-state index contributed by atoms with van der Waals surface area (Å²) in [4.78, 5) is 23.6. The number of aliphatic hydroxyl groups is 6. The predicted molar refractivity (Wildman–Crippen MR) is 96.9 cm³/mol. The van der Waals surface area contributed by atoms with E-state index in [4.69, 9.17) is 23.7 Å². The minimum atomic E-state index is -2.25. The molecule has 31 heavy (non-hydrogen) atoms. The molecule has 6 N–H and O–H groups in total. The standard InChI is InChI=1S/C18H30O13/c1-7(2)16(26)29-15-12(23)10(5-20)30-18(15,6-27-8(3)21)31-17-14(25)13(24)11(22)9(4-19)28-17/h7,9-15,17,19-20,22-25H,4-6H2,1-3H3/t9?,10-,11-,12?,13?,14-,15?,17-,18+/m1/s1. The topological polar surface area (TPSA) is 202 Å². The molecule has 9 atom stereocenters. The maximum absolute atomic E-state index is 12.2. The van der Waals surface area contributed by atoms with Crippen LogP contribution in [0.1, 0.15) is 20.8 Å². The van der Waals surface area contributed by atoms with Gasteiger partial charge in [-0.15, -0.1) is 0 Å². The highest BCUT2D eigenvalue weighted by Gasteiger charge is 2.61. The molecule has 180 valence electrons. The first kappa shape index (κ1) is 25.8. The van der Waals surface area contributed by atoms with Gasteiger partial charge in [-0.05, 0) is 0 Å². The Balaban J connectivity index is 2.40. The Labute approximate surface area is 178 Å². The number of carbonyl (C=O) groups is 2. The Morgan fingerprint density at radius 1 is 0.968 bits per heavy atom. The molecule has 0 aromatic heterocycles. The van der Waals surface area contributed by atoms with Gasteiger partial charge >= 0.3 is 11.9 Å². The van der Waals surface area contributed by atoms with Crippen LogP contribution in [0.4, 0.5) is 0 Å². The lowest BCUT2D eigenvalue weighted by Gasteiger charge is -2.43. The molecule has 4 unspecified atom stereocenters. The molecular formula is C18H30O13. The minimum absolute atomic E-state index is 0.626. The van der Waals surface area contributed by atoms with Gasteiger partial charge in [0, 0.05) is 6.92 Å². The van der Waals surface area contributed by atoms with Gasteiger partial charge in [-0.3, -0.25) is 9.59 Å².